The molecule has 110 valence electrons. The molecule has 1 unspecified atom stereocenters. The SMILES string of the molecule is COc1ccc(Cl)cc1CSCC(NC(C)=O)C(=O)O. The number of amides is 1. The smallest absolute Gasteiger partial charge is 0.327 e. The van der Waals surface area contributed by atoms with Crippen LogP contribution in [-0.2, 0) is 15.3 Å². The Bertz CT molecular complexity index is 495. The molecule has 0 saturated heterocycles. The number of benzene rings is 1. The van der Waals surface area contributed by atoms with Gasteiger partial charge in [0.2, 0.25) is 5.91 Å². The summed E-state index contributed by atoms with van der Waals surface area (Å²) < 4.78 is 5.21. The van der Waals surface area contributed by atoms with E-state index in [1.54, 1.807) is 25.3 Å². The van der Waals surface area contributed by atoms with Gasteiger partial charge in [-0.2, -0.15) is 11.8 Å². The van der Waals surface area contributed by atoms with Gasteiger partial charge in [0.1, 0.15) is 11.8 Å². The van der Waals surface area contributed by atoms with Crippen molar-refractivity contribution in [3.05, 3.63) is 28.8 Å². The van der Waals surface area contributed by atoms with Crippen LogP contribution in [0.5, 0.6) is 5.75 Å². The first kappa shape index (κ1) is 16.7. The lowest BCUT2D eigenvalue weighted by atomic mass is 10.2. The van der Waals surface area contributed by atoms with Crippen molar-refractivity contribution in [3.63, 3.8) is 0 Å². The average molecular weight is 318 g/mol. The summed E-state index contributed by atoms with van der Waals surface area (Å²) in [5.41, 5.74) is 0.886. The van der Waals surface area contributed by atoms with Gasteiger partial charge in [-0.1, -0.05) is 11.6 Å². The van der Waals surface area contributed by atoms with Crippen LogP contribution >= 0.6 is 23.4 Å². The molecule has 0 aliphatic heterocycles. The van der Waals surface area contributed by atoms with Gasteiger partial charge in [0, 0.05) is 29.0 Å². The molecule has 1 aromatic carbocycles. The normalized spacial score (nSPS) is 11.8. The van der Waals surface area contributed by atoms with E-state index in [1.807, 2.05) is 0 Å². The second-order valence-corrected chi connectivity index (χ2v) is 5.53. The van der Waals surface area contributed by atoms with Crippen LogP contribution in [0.2, 0.25) is 5.02 Å². The maximum Gasteiger partial charge on any atom is 0.327 e. The second kappa shape index (κ2) is 8.01. The first-order chi connectivity index (χ1) is 9.43. The minimum atomic E-state index is -1.05. The van der Waals surface area contributed by atoms with Gasteiger partial charge in [-0.3, -0.25) is 4.79 Å². The van der Waals surface area contributed by atoms with Gasteiger partial charge in [0.05, 0.1) is 7.11 Å². The number of carbonyl (C=O) groups is 2. The quantitative estimate of drug-likeness (QED) is 0.806. The van der Waals surface area contributed by atoms with Gasteiger partial charge in [-0.05, 0) is 18.2 Å². The summed E-state index contributed by atoms with van der Waals surface area (Å²) >= 11 is 7.31. The Morgan fingerprint density at radius 2 is 2.20 bits per heavy atom. The molecule has 1 amide bonds. The third-order valence-corrected chi connectivity index (χ3v) is 3.78. The number of carboxylic acid groups (broad SMARTS) is 1. The number of aliphatic carboxylic acids is 1. The monoisotopic (exact) mass is 317 g/mol. The van der Waals surface area contributed by atoms with Gasteiger partial charge in [0.25, 0.3) is 0 Å². The summed E-state index contributed by atoms with van der Waals surface area (Å²) in [6.45, 7) is 1.29. The van der Waals surface area contributed by atoms with Crippen molar-refractivity contribution < 1.29 is 19.4 Å². The number of thioether (sulfide) groups is 1. The maximum atomic E-state index is 11.0. The highest BCUT2D eigenvalue weighted by molar-refractivity contribution is 7.98. The molecule has 0 heterocycles. The Morgan fingerprint density at radius 1 is 1.50 bits per heavy atom. The molecule has 1 aromatic rings. The molecule has 0 radical (unpaired) electrons. The van der Waals surface area contributed by atoms with Crippen LogP contribution in [0.1, 0.15) is 12.5 Å². The lowest BCUT2D eigenvalue weighted by molar-refractivity contribution is -0.140. The van der Waals surface area contributed by atoms with Crippen molar-refractivity contribution in [1.29, 1.82) is 0 Å². The minimum absolute atomic E-state index is 0.268. The van der Waals surface area contributed by atoms with E-state index in [-0.39, 0.29) is 11.7 Å². The molecule has 0 aromatic heterocycles. The van der Waals surface area contributed by atoms with E-state index >= 15 is 0 Å². The van der Waals surface area contributed by atoms with Crippen molar-refractivity contribution in [2.24, 2.45) is 0 Å². The van der Waals surface area contributed by atoms with E-state index in [2.05, 4.69) is 5.32 Å². The highest BCUT2D eigenvalue weighted by Crippen LogP contribution is 2.26. The molecule has 5 nitrogen and oxygen atoms in total. The standard InChI is InChI=1S/C13H16ClNO4S/c1-8(16)15-11(13(17)18)7-20-6-9-5-10(14)3-4-12(9)19-2/h3-5,11H,6-7H2,1-2H3,(H,15,16)(H,17,18). The molecule has 0 aliphatic carbocycles. The zero-order chi connectivity index (χ0) is 15.1. The number of methoxy groups -OCH3 is 1. The Labute approximate surface area is 126 Å². The Kier molecular flexibility index (Phi) is 6.67. The van der Waals surface area contributed by atoms with E-state index in [1.165, 1.54) is 18.7 Å². The van der Waals surface area contributed by atoms with Crippen LogP contribution in [0.15, 0.2) is 18.2 Å². The summed E-state index contributed by atoms with van der Waals surface area (Å²) in [5.74, 6) is 0.106. The number of hydrogen-bond donors (Lipinski definition) is 2. The van der Waals surface area contributed by atoms with Crippen molar-refractivity contribution in [3.8, 4) is 5.75 Å². The zero-order valence-corrected chi connectivity index (χ0v) is 12.8. The van der Waals surface area contributed by atoms with Crippen LogP contribution in [0.4, 0.5) is 0 Å². The maximum absolute atomic E-state index is 11.0. The lowest BCUT2D eigenvalue weighted by Gasteiger charge is -2.13. The first-order valence-corrected chi connectivity index (χ1v) is 7.37. The van der Waals surface area contributed by atoms with Crippen molar-refractivity contribution in [2.45, 2.75) is 18.7 Å². The second-order valence-electron chi connectivity index (χ2n) is 4.06. The molecule has 1 atom stereocenters. The van der Waals surface area contributed by atoms with Crippen molar-refractivity contribution in [2.75, 3.05) is 12.9 Å². The molecule has 0 spiro atoms. The van der Waals surface area contributed by atoms with Gasteiger partial charge in [-0.15, -0.1) is 0 Å². The number of carboxylic acids is 1. The summed E-state index contributed by atoms with van der Waals surface area (Å²) in [4.78, 5) is 21.9. The van der Waals surface area contributed by atoms with Crippen LogP contribution in [-0.4, -0.2) is 35.9 Å². The predicted molar refractivity (Wildman–Crippen MR) is 79.4 cm³/mol. The summed E-state index contributed by atoms with van der Waals surface area (Å²) in [7, 11) is 1.56. The molecule has 0 aliphatic rings. The average Bonchev–Trinajstić information content (AvgIpc) is 2.37. The molecule has 2 N–H and O–H groups in total. The highest BCUT2D eigenvalue weighted by atomic mass is 35.5. The third-order valence-electron chi connectivity index (χ3n) is 2.46. The van der Waals surface area contributed by atoms with E-state index < -0.39 is 12.0 Å². The topological polar surface area (TPSA) is 75.6 Å². The van der Waals surface area contributed by atoms with Crippen molar-refractivity contribution >= 4 is 35.2 Å². The number of hydrogen-bond acceptors (Lipinski definition) is 4. The molecule has 20 heavy (non-hydrogen) atoms. The molecule has 7 heteroatoms. The van der Waals surface area contributed by atoms with Crippen LogP contribution < -0.4 is 10.1 Å². The number of carbonyl (C=O) groups excluding carboxylic acids is 1. The summed E-state index contributed by atoms with van der Waals surface area (Å²) in [6, 6.07) is 4.37. The van der Waals surface area contributed by atoms with Crippen LogP contribution in [0.3, 0.4) is 0 Å². The largest absolute Gasteiger partial charge is 0.496 e. The van der Waals surface area contributed by atoms with Gasteiger partial charge < -0.3 is 15.2 Å². The van der Waals surface area contributed by atoms with Gasteiger partial charge in [-0.25, -0.2) is 4.79 Å². The Hall–Kier alpha value is -1.40. The fourth-order valence-corrected chi connectivity index (χ4v) is 2.79. The Morgan fingerprint density at radius 3 is 2.75 bits per heavy atom. The third kappa shape index (κ3) is 5.30. The molecule has 0 saturated carbocycles. The molecule has 0 fully saturated rings. The van der Waals surface area contributed by atoms with E-state index in [4.69, 9.17) is 21.4 Å². The summed E-state index contributed by atoms with van der Waals surface area (Å²) in [6.07, 6.45) is 0. The van der Waals surface area contributed by atoms with Crippen LogP contribution in [0, 0.1) is 0 Å². The summed E-state index contributed by atoms with van der Waals surface area (Å²) in [5, 5.41) is 12.0. The van der Waals surface area contributed by atoms with Crippen LogP contribution in [0.25, 0.3) is 0 Å². The number of ether oxygens (including phenoxy) is 1. The highest BCUT2D eigenvalue weighted by Gasteiger charge is 2.18. The molecular weight excluding hydrogens is 302 g/mol. The van der Waals surface area contributed by atoms with Crippen molar-refractivity contribution in [1.82, 2.24) is 5.32 Å². The molecule has 0 bridgehead atoms. The molecule has 1 rings (SSSR count). The fraction of sp³-hybridized carbons (Fsp3) is 0.385. The Balaban J connectivity index is 2.60. The number of rotatable bonds is 7. The van der Waals surface area contributed by atoms with Gasteiger partial charge >= 0.3 is 5.97 Å². The first-order valence-electron chi connectivity index (χ1n) is 5.84. The predicted octanol–water partition coefficient (Wildman–Crippen LogP) is 2.17. The fourth-order valence-electron chi connectivity index (χ4n) is 1.57. The minimum Gasteiger partial charge on any atom is -0.496 e. The number of halogens is 1. The van der Waals surface area contributed by atoms with E-state index in [0.29, 0.717) is 16.5 Å². The van der Waals surface area contributed by atoms with E-state index in [9.17, 15) is 9.59 Å². The molecular formula is C13H16ClNO4S. The number of nitrogens with one attached hydrogen (secondary N) is 1. The van der Waals surface area contributed by atoms with Gasteiger partial charge in [0.15, 0.2) is 0 Å². The zero-order valence-electron chi connectivity index (χ0n) is 11.2. The van der Waals surface area contributed by atoms with E-state index in [0.717, 1.165) is 5.56 Å². The lowest BCUT2D eigenvalue weighted by Crippen LogP contribution is -2.41.